The molecule has 1 aromatic rings. The Kier molecular flexibility index (Phi) is 11.2. The molecule has 0 fully saturated rings. The molecular weight excluding hydrogens is 369 g/mol. The van der Waals surface area contributed by atoms with Crippen LogP contribution >= 0.6 is 24.0 Å². The van der Waals surface area contributed by atoms with Crippen molar-refractivity contribution < 1.29 is 19.1 Å². The molecule has 142 valence electrons. The minimum Gasteiger partial charge on any atom is -0.495 e. The van der Waals surface area contributed by atoms with Gasteiger partial charge in [-0.3, -0.25) is 9.59 Å². The lowest BCUT2D eigenvalue weighted by molar-refractivity contribution is -0.123. The Bertz CT molecular complexity index is 581. The monoisotopic (exact) mass is 393 g/mol. The summed E-state index contributed by atoms with van der Waals surface area (Å²) in [5.41, 5.74) is 6.82. The summed E-state index contributed by atoms with van der Waals surface area (Å²) in [4.78, 5) is 23.7. The van der Waals surface area contributed by atoms with Gasteiger partial charge >= 0.3 is 0 Å². The van der Waals surface area contributed by atoms with Gasteiger partial charge in [-0.25, -0.2) is 0 Å². The molecular formula is C16H25Cl2N3O4. The number of nitrogens with one attached hydrogen (secondary N) is 2. The Morgan fingerprint density at radius 2 is 1.96 bits per heavy atom. The number of hydrogen-bond donors (Lipinski definition) is 3. The van der Waals surface area contributed by atoms with Crippen molar-refractivity contribution in [2.24, 2.45) is 5.73 Å². The van der Waals surface area contributed by atoms with Crippen LogP contribution in [0.1, 0.15) is 18.4 Å². The number of nitrogens with two attached hydrogens (primary N) is 1. The summed E-state index contributed by atoms with van der Waals surface area (Å²) < 4.78 is 10.2. The number of benzene rings is 1. The zero-order chi connectivity index (χ0) is 18.1. The maximum absolute atomic E-state index is 12.0. The Hall–Kier alpha value is -1.54. The van der Waals surface area contributed by atoms with Crippen LogP contribution in [0.25, 0.3) is 0 Å². The van der Waals surface area contributed by atoms with Gasteiger partial charge < -0.3 is 25.8 Å². The maximum atomic E-state index is 12.0. The van der Waals surface area contributed by atoms with Gasteiger partial charge in [0.15, 0.2) is 0 Å². The fraction of sp³-hybridized carbons (Fsp3) is 0.500. The molecule has 1 rings (SSSR count). The van der Waals surface area contributed by atoms with E-state index >= 15 is 0 Å². The van der Waals surface area contributed by atoms with E-state index in [9.17, 15) is 9.59 Å². The topological polar surface area (TPSA) is 103 Å². The summed E-state index contributed by atoms with van der Waals surface area (Å²) in [6.45, 7) is 2.32. The van der Waals surface area contributed by atoms with Crippen LogP contribution in [0, 0.1) is 6.92 Å². The van der Waals surface area contributed by atoms with Crippen LogP contribution in [0.5, 0.6) is 5.75 Å². The second-order valence-corrected chi connectivity index (χ2v) is 5.65. The number of methoxy groups -OCH3 is 2. The summed E-state index contributed by atoms with van der Waals surface area (Å²) >= 11 is 6.03. The molecule has 1 atom stereocenters. The molecule has 7 nitrogen and oxygen atoms in total. The molecule has 0 radical (unpaired) electrons. The second kappa shape index (κ2) is 11.9. The lowest BCUT2D eigenvalue weighted by Crippen LogP contribution is -2.33. The van der Waals surface area contributed by atoms with E-state index in [1.54, 1.807) is 12.1 Å². The number of anilines is 1. The Balaban J connectivity index is 0.00000576. The van der Waals surface area contributed by atoms with Crippen molar-refractivity contribution in [3.63, 3.8) is 0 Å². The molecule has 0 bridgehead atoms. The van der Waals surface area contributed by atoms with Crippen molar-refractivity contribution in [3.8, 4) is 5.75 Å². The summed E-state index contributed by atoms with van der Waals surface area (Å²) in [5.74, 6) is 0.0336. The van der Waals surface area contributed by atoms with Crippen LogP contribution in [0.3, 0.4) is 0 Å². The van der Waals surface area contributed by atoms with Crippen LogP contribution in [0.4, 0.5) is 5.69 Å². The second-order valence-electron chi connectivity index (χ2n) is 5.25. The highest BCUT2D eigenvalue weighted by molar-refractivity contribution is 6.31. The van der Waals surface area contributed by atoms with E-state index in [-0.39, 0.29) is 56.3 Å². The lowest BCUT2D eigenvalue weighted by atomic mass is 10.2. The van der Waals surface area contributed by atoms with E-state index in [2.05, 4.69) is 10.6 Å². The van der Waals surface area contributed by atoms with E-state index in [0.717, 1.165) is 5.56 Å². The molecule has 0 aliphatic carbocycles. The number of halogens is 2. The molecule has 0 aliphatic rings. The third-order valence-electron chi connectivity index (χ3n) is 3.44. The van der Waals surface area contributed by atoms with E-state index in [1.807, 2.05) is 6.92 Å². The predicted octanol–water partition coefficient (Wildman–Crippen LogP) is 1.89. The number of carbonyl (C=O) groups excluding carboxylic acids is 2. The van der Waals surface area contributed by atoms with Crippen LogP contribution < -0.4 is 21.1 Å². The normalized spacial score (nSPS) is 11.2. The molecule has 0 spiro atoms. The quantitative estimate of drug-likeness (QED) is 0.594. The van der Waals surface area contributed by atoms with Crippen molar-refractivity contribution >= 4 is 41.5 Å². The molecule has 4 N–H and O–H groups in total. The van der Waals surface area contributed by atoms with Gasteiger partial charge in [0.2, 0.25) is 11.8 Å². The third kappa shape index (κ3) is 7.92. The summed E-state index contributed by atoms with van der Waals surface area (Å²) in [6.07, 6.45) is -0.0181. The molecule has 0 saturated heterocycles. The molecule has 1 aromatic carbocycles. The van der Waals surface area contributed by atoms with Crippen LogP contribution in [-0.2, 0) is 14.3 Å². The SMILES string of the molecule is COc1cc(Cl)c(C)cc1NC(=O)CCNC(=O)CC(CN)OC.Cl. The van der Waals surface area contributed by atoms with Crippen molar-refractivity contribution in [1.29, 1.82) is 0 Å². The van der Waals surface area contributed by atoms with Gasteiger partial charge in [0.25, 0.3) is 0 Å². The van der Waals surface area contributed by atoms with Gasteiger partial charge in [-0.15, -0.1) is 12.4 Å². The number of amides is 2. The predicted molar refractivity (Wildman–Crippen MR) is 101 cm³/mol. The van der Waals surface area contributed by atoms with E-state index in [1.165, 1.54) is 14.2 Å². The first-order valence-electron chi connectivity index (χ1n) is 7.54. The van der Waals surface area contributed by atoms with Gasteiger partial charge in [0.05, 0.1) is 25.3 Å². The highest BCUT2D eigenvalue weighted by Gasteiger charge is 2.13. The largest absolute Gasteiger partial charge is 0.495 e. The molecule has 0 aliphatic heterocycles. The Morgan fingerprint density at radius 3 is 2.52 bits per heavy atom. The molecule has 2 amide bonds. The van der Waals surface area contributed by atoms with Crippen molar-refractivity contribution in [2.45, 2.75) is 25.9 Å². The summed E-state index contributed by atoms with van der Waals surface area (Å²) in [7, 11) is 3.00. The van der Waals surface area contributed by atoms with E-state index in [0.29, 0.717) is 16.5 Å². The number of aryl methyl sites for hydroxylation is 1. The van der Waals surface area contributed by atoms with Gasteiger partial charge in [-0.2, -0.15) is 0 Å². The first-order valence-corrected chi connectivity index (χ1v) is 7.92. The Morgan fingerprint density at radius 1 is 1.28 bits per heavy atom. The number of ether oxygens (including phenoxy) is 2. The molecule has 0 aromatic heterocycles. The minimum absolute atomic E-state index is 0. The minimum atomic E-state index is -0.319. The van der Waals surface area contributed by atoms with Crippen molar-refractivity contribution in [2.75, 3.05) is 32.6 Å². The maximum Gasteiger partial charge on any atom is 0.226 e. The van der Waals surface area contributed by atoms with Gasteiger partial charge in [0.1, 0.15) is 5.75 Å². The zero-order valence-electron chi connectivity index (χ0n) is 14.6. The van der Waals surface area contributed by atoms with Gasteiger partial charge in [0, 0.05) is 37.7 Å². The average Bonchev–Trinajstić information content (AvgIpc) is 2.55. The molecule has 0 saturated carbocycles. The van der Waals surface area contributed by atoms with Crippen LogP contribution in [-0.4, -0.2) is 45.2 Å². The lowest BCUT2D eigenvalue weighted by Gasteiger charge is -2.13. The number of rotatable bonds is 9. The molecule has 0 heterocycles. The molecule has 25 heavy (non-hydrogen) atoms. The zero-order valence-corrected chi connectivity index (χ0v) is 16.1. The van der Waals surface area contributed by atoms with Crippen molar-refractivity contribution in [3.05, 3.63) is 22.7 Å². The van der Waals surface area contributed by atoms with E-state index < -0.39 is 0 Å². The summed E-state index contributed by atoms with van der Waals surface area (Å²) in [5, 5.41) is 5.97. The standard InChI is InChI=1S/C16H24ClN3O4.ClH/c1-10-6-13(14(24-3)8-12(10)17)20-15(21)4-5-19-16(22)7-11(9-18)23-2;/h6,8,11H,4-5,7,9,18H2,1-3H3,(H,19,22)(H,20,21);1H. The highest BCUT2D eigenvalue weighted by Crippen LogP contribution is 2.30. The fourth-order valence-electron chi connectivity index (χ4n) is 2.00. The fourth-order valence-corrected chi connectivity index (χ4v) is 2.15. The van der Waals surface area contributed by atoms with Gasteiger partial charge in [-0.1, -0.05) is 11.6 Å². The van der Waals surface area contributed by atoms with E-state index in [4.69, 9.17) is 26.8 Å². The average molecular weight is 394 g/mol. The molecule has 1 unspecified atom stereocenters. The first kappa shape index (κ1) is 23.5. The Labute approximate surface area is 159 Å². The van der Waals surface area contributed by atoms with Crippen molar-refractivity contribution in [1.82, 2.24) is 5.32 Å². The number of hydrogen-bond acceptors (Lipinski definition) is 5. The molecule has 9 heteroatoms. The van der Waals surface area contributed by atoms with Gasteiger partial charge in [-0.05, 0) is 18.6 Å². The first-order chi connectivity index (χ1) is 11.4. The van der Waals surface area contributed by atoms with Crippen LogP contribution in [0.15, 0.2) is 12.1 Å². The highest BCUT2D eigenvalue weighted by atomic mass is 35.5. The van der Waals surface area contributed by atoms with Crippen LogP contribution in [0.2, 0.25) is 5.02 Å². The number of carbonyl (C=O) groups is 2. The third-order valence-corrected chi connectivity index (χ3v) is 3.85. The smallest absolute Gasteiger partial charge is 0.226 e. The summed E-state index contributed by atoms with van der Waals surface area (Å²) in [6, 6.07) is 3.38.